The van der Waals surface area contributed by atoms with Gasteiger partial charge in [0, 0.05) is 12.1 Å². The van der Waals surface area contributed by atoms with Crippen molar-refractivity contribution >= 4 is 35.0 Å². The van der Waals surface area contributed by atoms with Gasteiger partial charge in [-0.05, 0) is 60.5 Å². The average molecular weight is 522 g/mol. The number of Topliss-reactive ketones (excluding diaryl/α,β-unsaturated/α-hetero) is 1. The van der Waals surface area contributed by atoms with Crippen LogP contribution < -0.4 is 9.47 Å². The van der Waals surface area contributed by atoms with E-state index >= 15 is 0 Å². The number of likely N-dealkylation sites (tertiary alicyclic amines) is 1. The number of carboxylic acids is 1. The number of halogens is 1. The number of carboxylic acid groups (broad SMARTS) is 1. The summed E-state index contributed by atoms with van der Waals surface area (Å²) < 4.78 is 10.7. The first-order valence-corrected chi connectivity index (χ1v) is 11.8. The van der Waals surface area contributed by atoms with Gasteiger partial charge in [-0.3, -0.25) is 9.59 Å². The Bertz CT molecular complexity index is 1380. The Labute approximate surface area is 218 Å². The molecule has 1 heterocycles. The molecular weight excluding hydrogens is 498 g/mol. The maximum atomic E-state index is 13.3. The Hall–Kier alpha value is -4.30. The Morgan fingerprint density at radius 2 is 1.62 bits per heavy atom. The van der Waals surface area contributed by atoms with Crippen molar-refractivity contribution in [3.8, 4) is 11.5 Å². The molecule has 3 aromatic rings. The lowest BCUT2D eigenvalue weighted by atomic mass is 9.95. The van der Waals surface area contributed by atoms with Gasteiger partial charge in [0.15, 0.2) is 0 Å². The SMILES string of the molecule is CCOc1ccc(Cl)c(/C(O)=C2\C(=O)C(=O)N(Cc3ccc(C(=O)O)cc3)C2c2ccc(OC)cc2)c1. The average Bonchev–Trinajstić information content (AvgIpc) is 3.14. The summed E-state index contributed by atoms with van der Waals surface area (Å²) in [6.45, 7) is 2.20. The standard InChI is InChI=1S/C28H24ClNO7/c1-3-37-20-12-13-22(29)21(14-20)25(31)23-24(17-8-10-19(36-2)11-9-17)30(27(33)26(23)32)15-16-4-6-18(7-5-16)28(34)35/h4-14,24,31H,3,15H2,1-2H3,(H,34,35)/b25-23+. The number of ether oxygens (including phenoxy) is 2. The minimum atomic E-state index is -1.07. The summed E-state index contributed by atoms with van der Waals surface area (Å²) in [7, 11) is 1.52. The molecule has 1 unspecified atom stereocenters. The van der Waals surface area contributed by atoms with Gasteiger partial charge in [-0.2, -0.15) is 0 Å². The zero-order chi connectivity index (χ0) is 26.7. The van der Waals surface area contributed by atoms with Gasteiger partial charge in [0.05, 0.1) is 35.9 Å². The normalized spacial score (nSPS) is 16.6. The molecule has 37 heavy (non-hydrogen) atoms. The van der Waals surface area contributed by atoms with E-state index in [1.54, 1.807) is 48.5 Å². The van der Waals surface area contributed by atoms with Crippen LogP contribution in [0.2, 0.25) is 5.02 Å². The van der Waals surface area contributed by atoms with Gasteiger partial charge in [-0.1, -0.05) is 35.9 Å². The highest BCUT2D eigenvalue weighted by Gasteiger charge is 2.46. The van der Waals surface area contributed by atoms with Gasteiger partial charge in [0.25, 0.3) is 11.7 Å². The van der Waals surface area contributed by atoms with Crippen LogP contribution in [-0.4, -0.2) is 46.5 Å². The Morgan fingerprint density at radius 1 is 0.973 bits per heavy atom. The molecule has 1 aliphatic rings. The molecule has 8 nitrogen and oxygen atoms in total. The lowest BCUT2D eigenvalue weighted by Crippen LogP contribution is -2.29. The molecule has 0 saturated carbocycles. The molecule has 0 bridgehead atoms. The lowest BCUT2D eigenvalue weighted by molar-refractivity contribution is -0.140. The number of hydrogen-bond donors (Lipinski definition) is 2. The predicted octanol–water partition coefficient (Wildman–Crippen LogP) is 5.07. The third-order valence-electron chi connectivity index (χ3n) is 6.03. The molecule has 0 radical (unpaired) electrons. The Morgan fingerprint density at radius 3 is 2.22 bits per heavy atom. The summed E-state index contributed by atoms with van der Waals surface area (Å²) in [6.07, 6.45) is 0. The summed E-state index contributed by atoms with van der Waals surface area (Å²) in [5.74, 6) is -2.13. The largest absolute Gasteiger partial charge is 0.507 e. The topological polar surface area (TPSA) is 113 Å². The van der Waals surface area contributed by atoms with Crippen molar-refractivity contribution in [2.75, 3.05) is 13.7 Å². The molecule has 2 N–H and O–H groups in total. The molecule has 0 aromatic heterocycles. The van der Waals surface area contributed by atoms with Gasteiger partial charge >= 0.3 is 5.97 Å². The van der Waals surface area contributed by atoms with Crippen LogP contribution in [0.1, 0.15) is 40.0 Å². The van der Waals surface area contributed by atoms with E-state index in [9.17, 15) is 24.6 Å². The molecule has 1 fully saturated rings. The molecule has 0 spiro atoms. The maximum absolute atomic E-state index is 13.3. The molecule has 1 aliphatic heterocycles. The minimum Gasteiger partial charge on any atom is -0.507 e. The molecule has 9 heteroatoms. The number of carbonyl (C=O) groups is 3. The fraction of sp³-hybridized carbons (Fsp3) is 0.179. The van der Waals surface area contributed by atoms with Crippen molar-refractivity contribution < 1.29 is 34.1 Å². The van der Waals surface area contributed by atoms with Crippen molar-refractivity contribution in [2.45, 2.75) is 19.5 Å². The van der Waals surface area contributed by atoms with Crippen LogP contribution in [0.3, 0.4) is 0 Å². The van der Waals surface area contributed by atoms with E-state index in [0.717, 1.165) is 0 Å². The molecule has 3 aromatic carbocycles. The number of benzene rings is 3. The highest BCUT2D eigenvalue weighted by molar-refractivity contribution is 6.47. The number of aliphatic hydroxyl groups excluding tert-OH is 1. The van der Waals surface area contributed by atoms with E-state index in [-0.39, 0.29) is 28.3 Å². The second-order valence-electron chi connectivity index (χ2n) is 8.28. The number of ketones is 1. The number of nitrogens with zero attached hydrogens (tertiary/aromatic N) is 1. The monoisotopic (exact) mass is 521 g/mol. The summed E-state index contributed by atoms with van der Waals surface area (Å²) >= 11 is 6.37. The van der Waals surface area contributed by atoms with E-state index in [4.69, 9.17) is 21.1 Å². The van der Waals surface area contributed by atoms with Crippen LogP contribution in [0, 0.1) is 0 Å². The first-order valence-electron chi connectivity index (χ1n) is 11.4. The number of carbonyl (C=O) groups excluding carboxylic acids is 2. The number of rotatable bonds is 8. The van der Waals surface area contributed by atoms with Crippen LogP contribution in [0.4, 0.5) is 0 Å². The summed E-state index contributed by atoms with van der Waals surface area (Å²) in [6, 6.07) is 16.6. The fourth-order valence-electron chi connectivity index (χ4n) is 4.21. The lowest BCUT2D eigenvalue weighted by Gasteiger charge is -2.25. The highest BCUT2D eigenvalue weighted by atomic mass is 35.5. The van der Waals surface area contributed by atoms with E-state index in [0.29, 0.717) is 29.2 Å². The van der Waals surface area contributed by atoms with Crippen molar-refractivity contribution in [1.82, 2.24) is 4.90 Å². The van der Waals surface area contributed by atoms with Crippen molar-refractivity contribution in [2.24, 2.45) is 0 Å². The van der Waals surface area contributed by atoms with Gasteiger partial charge in [0.1, 0.15) is 17.3 Å². The first-order chi connectivity index (χ1) is 17.7. The Kier molecular flexibility index (Phi) is 7.50. The zero-order valence-electron chi connectivity index (χ0n) is 20.1. The van der Waals surface area contributed by atoms with Crippen LogP contribution in [0.15, 0.2) is 72.3 Å². The van der Waals surface area contributed by atoms with Crippen LogP contribution in [0.25, 0.3) is 5.76 Å². The minimum absolute atomic E-state index is 0.00463. The number of aliphatic hydroxyl groups is 1. The molecule has 1 amide bonds. The number of aromatic carboxylic acids is 1. The number of amides is 1. The second kappa shape index (κ2) is 10.8. The van der Waals surface area contributed by atoms with E-state index in [2.05, 4.69) is 0 Å². The number of methoxy groups -OCH3 is 1. The third-order valence-corrected chi connectivity index (χ3v) is 6.36. The van der Waals surface area contributed by atoms with Crippen molar-refractivity contribution in [3.05, 3.63) is 99.6 Å². The quantitative estimate of drug-likeness (QED) is 0.242. The van der Waals surface area contributed by atoms with Gasteiger partial charge in [-0.15, -0.1) is 0 Å². The highest BCUT2D eigenvalue weighted by Crippen LogP contribution is 2.42. The molecule has 1 saturated heterocycles. The number of hydrogen-bond acceptors (Lipinski definition) is 6. The van der Waals surface area contributed by atoms with Crippen LogP contribution in [0.5, 0.6) is 11.5 Å². The third kappa shape index (κ3) is 5.15. The molecule has 0 aliphatic carbocycles. The molecule has 190 valence electrons. The Balaban J connectivity index is 1.84. The predicted molar refractivity (Wildman–Crippen MR) is 137 cm³/mol. The fourth-order valence-corrected chi connectivity index (χ4v) is 4.42. The summed E-state index contributed by atoms with van der Waals surface area (Å²) in [4.78, 5) is 39.1. The molecule has 4 rings (SSSR count). The summed E-state index contributed by atoms with van der Waals surface area (Å²) in [5, 5.41) is 20.7. The van der Waals surface area contributed by atoms with Crippen molar-refractivity contribution in [3.63, 3.8) is 0 Å². The molecule has 1 atom stereocenters. The zero-order valence-corrected chi connectivity index (χ0v) is 20.9. The maximum Gasteiger partial charge on any atom is 0.335 e. The van der Waals surface area contributed by atoms with Crippen LogP contribution >= 0.6 is 11.6 Å². The van der Waals surface area contributed by atoms with Gasteiger partial charge in [0.2, 0.25) is 0 Å². The van der Waals surface area contributed by atoms with Gasteiger partial charge < -0.3 is 24.6 Å². The van der Waals surface area contributed by atoms with E-state index in [1.165, 1.54) is 30.2 Å². The van der Waals surface area contributed by atoms with Crippen molar-refractivity contribution in [1.29, 1.82) is 0 Å². The second-order valence-corrected chi connectivity index (χ2v) is 8.68. The summed E-state index contributed by atoms with van der Waals surface area (Å²) in [5.41, 5.74) is 1.33. The van der Waals surface area contributed by atoms with E-state index < -0.39 is 29.5 Å². The molecular formula is C28H24ClNO7. The van der Waals surface area contributed by atoms with E-state index in [1.807, 2.05) is 6.92 Å². The van der Waals surface area contributed by atoms with Gasteiger partial charge in [-0.25, -0.2) is 4.79 Å². The first kappa shape index (κ1) is 25.8. The van der Waals surface area contributed by atoms with Crippen LogP contribution in [-0.2, 0) is 16.1 Å². The smallest absolute Gasteiger partial charge is 0.335 e.